The third-order valence-electron chi connectivity index (χ3n) is 2.98. The summed E-state index contributed by atoms with van der Waals surface area (Å²) in [6.07, 6.45) is 0.358. The van der Waals surface area contributed by atoms with Crippen LogP contribution < -0.4 is 15.2 Å². The van der Waals surface area contributed by atoms with Crippen molar-refractivity contribution in [1.82, 2.24) is 0 Å². The van der Waals surface area contributed by atoms with Gasteiger partial charge in [-0.05, 0) is 24.6 Å². The Balaban J connectivity index is 2.23. The fraction of sp³-hybridized carbons (Fsp3) is 0.385. The maximum Gasteiger partial charge on any atom is 0.294 e. The molecule has 1 heterocycles. The van der Waals surface area contributed by atoms with Gasteiger partial charge in [-0.25, -0.2) is 0 Å². The molecule has 1 unspecified atom stereocenters. The molecule has 1 atom stereocenters. The lowest BCUT2D eigenvalue weighted by molar-refractivity contribution is -0.129. The lowest BCUT2D eigenvalue weighted by Crippen LogP contribution is -2.37. The average Bonchev–Trinajstić information content (AvgIpc) is 2.62. The third-order valence-corrected chi connectivity index (χ3v) is 2.98. The molecule has 1 amide bonds. The molecule has 19 heavy (non-hydrogen) atoms. The summed E-state index contributed by atoms with van der Waals surface area (Å²) in [4.78, 5) is 15.3. The van der Waals surface area contributed by atoms with E-state index in [4.69, 9.17) is 19.9 Å². The molecule has 2 rings (SSSR count). The number of hydrogen-bond donors (Lipinski definition) is 1. The number of aliphatic imine (C=N–C) groups is 1. The Morgan fingerprint density at radius 3 is 2.53 bits per heavy atom. The van der Waals surface area contributed by atoms with Gasteiger partial charge < -0.3 is 19.9 Å². The number of methoxy groups -OCH3 is 2. The molecular formula is C13H16N2O4. The number of hydrogen-bond acceptors (Lipinski definition) is 5. The fourth-order valence-electron chi connectivity index (χ4n) is 2.01. The summed E-state index contributed by atoms with van der Waals surface area (Å²) < 4.78 is 15.7. The predicted molar refractivity (Wildman–Crippen MR) is 69.4 cm³/mol. The van der Waals surface area contributed by atoms with Crippen LogP contribution in [0.15, 0.2) is 23.2 Å². The van der Waals surface area contributed by atoms with Crippen molar-refractivity contribution in [3.8, 4) is 11.5 Å². The Kier molecular flexibility index (Phi) is 3.33. The summed E-state index contributed by atoms with van der Waals surface area (Å²) in [7, 11) is 3.12. The second kappa shape index (κ2) is 4.79. The zero-order valence-corrected chi connectivity index (χ0v) is 11.1. The van der Waals surface area contributed by atoms with Gasteiger partial charge >= 0.3 is 0 Å². The first-order valence-electron chi connectivity index (χ1n) is 5.77. The predicted octanol–water partition coefficient (Wildman–Crippen LogP) is 0.876. The molecule has 0 aliphatic carbocycles. The van der Waals surface area contributed by atoms with Crippen LogP contribution in [0.4, 0.5) is 0 Å². The molecule has 1 aliphatic heterocycles. The quantitative estimate of drug-likeness (QED) is 0.872. The minimum absolute atomic E-state index is 0.0898. The number of nitrogens with two attached hydrogens (primary N) is 1. The third kappa shape index (κ3) is 2.47. The zero-order chi connectivity index (χ0) is 14.0. The summed E-state index contributed by atoms with van der Waals surface area (Å²) >= 11 is 0. The monoisotopic (exact) mass is 264 g/mol. The van der Waals surface area contributed by atoms with E-state index in [1.165, 1.54) is 0 Å². The number of amidine groups is 1. The number of benzene rings is 1. The minimum atomic E-state index is -1.05. The molecule has 102 valence electrons. The number of rotatable bonds is 4. The highest BCUT2D eigenvalue weighted by Crippen LogP contribution is 2.31. The highest BCUT2D eigenvalue weighted by Gasteiger charge is 2.41. The van der Waals surface area contributed by atoms with Crippen molar-refractivity contribution in [2.24, 2.45) is 10.7 Å². The van der Waals surface area contributed by atoms with Crippen molar-refractivity contribution in [1.29, 1.82) is 0 Å². The molecule has 0 fully saturated rings. The molecule has 1 aromatic rings. The zero-order valence-electron chi connectivity index (χ0n) is 11.1. The first-order chi connectivity index (χ1) is 8.98. The summed E-state index contributed by atoms with van der Waals surface area (Å²) in [5.41, 5.74) is 5.24. The van der Waals surface area contributed by atoms with Crippen LogP contribution in [-0.2, 0) is 16.0 Å². The van der Waals surface area contributed by atoms with E-state index in [0.29, 0.717) is 17.9 Å². The van der Waals surface area contributed by atoms with Gasteiger partial charge in [-0.1, -0.05) is 6.07 Å². The number of carbonyl (C=O) groups excluding carboxylic acids is 1. The van der Waals surface area contributed by atoms with E-state index >= 15 is 0 Å². The van der Waals surface area contributed by atoms with Crippen LogP contribution >= 0.6 is 0 Å². The first kappa shape index (κ1) is 13.2. The lowest BCUT2D eigenvalue weighted by Gasteiger charge is -2.21. The van der Waals surface area contributed by atoms with Gasteiger partial charge in [0.25, 0.3) is 11.9 Å². The van der Waals surface area contributed by atoms with Gasteiger partial charge in [-0.15, -0.1) is 0 Å². The number of ether oxygens (including phenoxy) is 3. The van der Waals surface area contributed by atoms with Crippen LogP contribution in [0.3, 0.4) is 0 Å². The van der Waals surface area contributed by atoms with Crippen LogP contribution in [0.5, 0.6) is 11.5 Å². The second-order valence-corrected chi connectivity index (χ2v) is 4.45. The normalized spacial score (nSPS) is 21.8. The van der Waals surface area contributed by atoms with Crippen LogP contribution in [-0.4, -0.2) is 31.7 Å². The van der Waals surface area contributed by atoms with Gasteiger partial charge in [0.05, 0.1) is 14.2 Å². The summed E-state index contributed by atoms with van der Waals surface area (Å²) in [6.45, 7) is 1.66. The van der Waals surface area contributed by atoms with Crippen LogP contribution in [0, 0.1) is 0 Å². The minimum Gasteiger partial charge on any atom is -0.493 e. The molecule has 0 radical (unpaired) electrons. The Morgan fingerprint density at radius 2 is 2.00 bits per heavy atom. The maximum atomic E-state index is 11.7. The number of carbonyl (C=O) groups is 1. The van der Waals surface area contributed by atoms with E-state index < -0.39 is 5.60 Å². The van der Waals surface area contributed by atoms with E-state index in [1.807, 2.05) is 6.07 Å². The van der Waals surface area contributed by atoms with Crippen molar-refractivity contribution in [2.75, 3.05) is 14.2 Å². The Labute approximate surface area is 111 Å². The van der Waals surface area contributed by atoms with Crippen LogP contribution in [0.2, 0.25) is 0 Å². The van der Waals surface area contributed by atoms with Crippen molar-refractivity contribution >= 4 is 11.9 Å². The van der Waals surface area contributed by atoms with E-state index in [9.17, 15) is 4.79 Å². The Hall–Kier alpha value is -2.24. The van der Waals surface area contributed by atoms with Gasteiger partial charge in [0.1, 0.15) is 0 Å². The molecule has 1 aromatic carbocycles. The standard InChI is InChI=1S/C13H16N2O4/c1-13(11(16)15-12(14)19-13)7-8-4-5-9(17-2)10(6-8)18-3/h4-6H,7H2,1-3H3,(H2,14,15,16). The van der Waals surface area contributed by atoms with E-state index in [2.05, 4.69) is 4.99 Å². The van der Waals surface area contributed by atoms with Crippen molar-refractivity contribution in [3.05, 3.63) is 23.8 Å². The maximum absolute atomic E-state index is 11.7. The molecule has 2 N–H and O–H groups in total. The Bertz CT molecular complexity index is 541. The van der Waals surface area contributed by atoms with E-state index in [1.54, 1.807) is 33.3 Å². The lowest BCUT2D eigenvalue weighted by atomic mass is 9.95. The van der Waals surface area contributed by atoms with Crippen LogP contribution in [0.25, 0.3) is 0 Å². The van der Waals surface area contributed by atoms with E-state index in [0.717, 1.165) is 5.56 Å². The molecule has 0 saturated heterocycles. The van der Waals surface area contributed by atoms with Gasteiger partial charge in [-0.3, -0.25) is 4.79 Å². The second-order valence-electron chi connectivity index (χ2n) is 4.45. The molecule has 6 heteroatoms. The van der Waals surface area contributed by atoms with Gasteiger partial charge in [-0.2, -0.15) is 4.99 Å². The van der Waals surface area contributed by atoms with Gasteiger partial charge in [0.15, 0.2) is 17.1 Å². The molecule has 6 nitrogen and oxygen atoms in total. The van der Waals surface area contributed by atoms with Crippen molar-refractivity contribution in [3.63, 3.8) is 0 Å². The molecule has 0 spiro atoms. The largest absolute Gasteiger partial charge is 0.493 e. The topological polar surface area (TPSA) is 83.1 Å². The highest BCUT2D eigenvalue weighted by atomic mass is 16.5. The van der Waals surface area contributed by atoms with Crippen molar-refractivity contribution in [2.45, 2.75) is 18.9 Å². The summed E-state index contributed by atoms with van der Waals surface area (Å²) in [5, 5.41) is 0. The molecule has 0 saturated carbocycles. The summed E-state index contributed by atoms with van der Waals surface area (Å²) in [6, 6.07) is 5.33. The van der Waals surface area contributed by atoms with Crippen molar-refractivity contribution < 1.29 is 19.0 Å². The number of nitrogens with zero attached hydrogens (tertiary/aromatic N) is 1. The van der Waals surface area contributed by atoms with Gasteiger partial charge in [0, 0.05) is 6.42 Å². The fourth-order valence-corrected chi connectivity index (χ4v) is 2.01. The Morgan fingerprint density at radius 1 is 1.32 bits per heavy atom. The van der Waals surface area contributed by atoms with Crippen LogP contribution in [0.1, 0.15) is 12.5 Å². The van der Waals surface area contributed by atoms with Gasteiger partial charge in [0.2, 0.25) is 0 Å². The number of amides is 1. The molecule has 0 bridgehead atoms. The average molecular weight is 264 g/mol. The first-order valence-corrected chi connectivity index (χ1v) is 5.77. The molecule has 0 aromatic heterocycles. The van der Waals surface area contributed by atoms with E-state index in [-0.39, 0.29) is 11.9 Å². The molecular weight excluding hydrogens is 248 g/mol. The smallest absolute Gasteiger partial charge is 0.294 e. The highest BCUT2D eigenvalue weighted by molar-refractivity contribution is 6.00. The SMILES string of the molecule is COc1ccc(CC2(C)OC(N)=NC2=O)cc1OC. The molecule has 1 aliphatic rings. The summed E-state index contributed by atoms with van der Waals surface area (Å²) in [5.74, 6) is 0.855.